The minimum Gasteiger partial charge on any atom is -0.483 e. The van der Waals surface area contributed by atoms with Crippen LogP contribution in [0.4, 0.5) is 0 Å². The number of ether oxygens (including phenoxy) is 2. The number of carbonyl (C=O) groups is 4. The molecule has 0 aliphatic carbocycles. The van der Waals surface area contributed by atoms with Crippen molar-refractivity contribution in [1.82, 2.24) is 10.6 Å². The smallest absolute Gasteiger partial charge is 0.305 e. The Morgan fingerprint density at radius 3 is 2.58 bits per heavy atom. The van der Waals surface area contributed by atoms with Crippen molar-refractivity contribution in [3.8, 4) is 11.5 Å². The molecule has 9 heteroatoms. The fourth-order valence-corrected chi connectivity index (χ4v) is 3.39. The largest absolute Gasteiger partial charge is 0.483 e. The summed E-state index contributed by atoms with van der Waals surface area (Å²) in [7, 11) is 0. The van der Waals surface area contributed by atoms with Crippen LogP contribution >= 0.6 is 0 Å². The number of rotatable bonds is 11. The van der Waals surface area contributed by atoms with E-state index in [0.717, 1.165) is 12.0 Å². The third-order valence-corrected chi connectivity index (χ3v) is 4.66. The lowest BCUT2D eigenvalue weighted by molar-refractivity contribution is -0.139. The Morgan fingerprint density at radius 1 is 1.26 bits per heavy atom. The summed E-state index contributed by atoms with van der Waals surface area (Å²) in [5, 5.41) is 13.8. The number of benzene rings is 1. The lowest BCUT2D eigenvalue weighted by Crippen LogP contribution is -2.51. The summed E-state index contributed by atoms with van der Waals surface area (Å²) in [4.78, 5) is 46.8. The Labute approximate surface area is 181 Å². The standard InChI is InChI=1S/C22H30N2O7/c1-13(2)8-16(21(29)23-15(11-25)9-19(27)28)24-18(26)12-30-17-7-5-6-14-10-22(3,4)31-20(14)17/h5-7,11,13,15-16H,8-10,12H2,1-4H3,(H,23,29)(H,24,26)(H,27,28). The molecule has 0 saturated heterocycles. The number of fused-ring (bicyclic) bond motifs is 1. The normalized spacial score (nSPS) is 15.9. The van der Waals surface area contributed by atoms with Gasteiger partial charge in [0.2, 0.25) is 5.91 Å². The van der Waals surface area contributed by atoms with E-state index in [2.05, 4.69) is 10.6 Å². The highest BCUT2D eigenvalue weighted by atomic mass is 16.5. The molecule has 2 rings (SSSR count). The fourth-order valence-electron chi connectivity index (χ4n) is 3.39. The molecule has 170 valence electrons. The van der Waals surface area contributed by atoms with Crippen LogP contribution in [0.5, 0.6) is 11.5 Å². The van der Waals surface area contributed by atoms with E-state index in [-0.39, 0.29) is 18.1 Å². The van der Waals surface area contributed by atoms with Crippen molar-refractivity contribution in [2.75, 3.05) is 6.61 Å². The Balaban J connectivity index is 1.99. The van der Waals surface area contributed by atoms with E-state index < -0.39 is 36.3 Å². The Kier molecular flexibility index (Phi) is 8.01. The number of carboxylic acid groups (broad SMARTS) is 1. The van der Waals surface area contributed by atoms with Gasteiger partial charge in [-0.3, -0.25) is 14.4 Å². The highest BCUT2D eigenvalue weighted by Crippen LogP contribution is 2.41. The summed E-state index contributed by atoms with van der Waals surface area (Å²) in [5.74, 6) is -1.22. The molecule has 2 atom stereocenters. The van der Waals surface area contributed by atoms with Crippen molar-refractivity contribution in [2.24, 2.45) is 5.92 Å². The maximum Gasteiger partial charge on any atom is 0.305 e. The average Bonchev–Trinajstić information content (AvgIpc) is 2.98. The van der Waals surface area contributed by atoms with Gasteiger partial charge in [-0.2, -0.15) is 0 Å². The maximum absolute atomic E-state index is 12.5. The lowest BCUT2D eigenvalue weighted by Gasteiger charge is -2.22. The zero-order valence-corrected chi connectivity index (χ0v) is 18.3. The van der Waals surface area contributed by atoms with Crippen LogP contribution in [0.3, 0.4) is 0 Å². The van der Waals surface area contributed by atoms with Crippen molar-refractivity contribution in [3.05, 3.63) is 23.8 Å². The summed E-state index contributed by atoms with van der Waals surface area (Å²) in [5.41, 5.74) is 0.647. The molecule has 0 saturated carbocycles. The monoisotopic (exact) mass is 434 g/mol. The van der Waals surface area contributed by atoms with E-state index in [4.69, 9.17) is 14.6 Å². The van der Waals surface area contributed by atoms with E-state index in [1.165, 1.54) is 0 Å². The number of hydrogen-bond donors (Lipinski definition) is 3. The van der Waals surface area contributed by atoms with Gasteiger partial charge in [-0.05, 0) is 32.3 Å². The van der Waals surface area contributed by atoms with Crippen molar-refractivity contribution in [3.63, 3.8) is 0 Å². The molecule has 1 aromatic rings. The van der Waals surface area contributed by atoms with Crippen molar-refractivity contribution < 1.29 is 33.8 Å². The maximum atomic E-state index is 12.5. The highest BCUT2D eigenvalue weighted by Gasteiger charge is 2.32. The van der Waals surface area contributed by atoms with E-state index in [1.54, 1.807) is 6.07 Å². The molecule has 0 radical (unpaired) electrons. The zero-order valence-electron chi connectivity index (χ0n) is 18.3. The second-order valence-corrected chi connectivity index (χ2v) is 8.67. The minimum absolute atomic E-state index is 0.0687. The summed E-state index contributed by atoms with van der Waals surface area (Å²) < 4.78 is 11.6. The molecule has 0 bridgehead atoms. The molecule has 31 heavy (non-hydrogen) atoms. The third-order valence-electron chi connectivity index (χ3n) is 4.66. The van der Waals surface area contributed by atoms with Crippen LogP contribution in [0.1, 0.15) is 46.1 Å². The average molecular weight is 434 g/mol. The van der Waals surface area contributed by atoms with Gasteiger partial charge in [-0.15, -0.1) is 0 Å². The van der Waals surface area contributed by atoms with Crippen LogP contribution in [0.15, 0.2) is 18.2 Å². The number of aldehydes is 1. The second-order valence-electron chi connectivity index (χ2n) is 8.67. The van der Waals surface area contributed by atoms with Gasteiger partial charge in [0.05, 0.1) is 12.5 Å². The molecule has 3 N–H and O–H groups in total. The van der Waals surface area contributed by atoms with Crippen LogP contribution in [-0.2, 0) is 25.6 Å². The van der Waals surface area contributed by atoms with Gasteiger partial charge in [0.15, 0.2) is 18.1 Å². The van der Waals surface area contributed by atoms with Gasteiger partial charge >= 0.3 is 5.97 Å². The Bertz CT molecular complexity index is 835. The lowest BCUT2D eigenvalue weighted by atomic mass is 10.0. The summed E-state index contributed by atoms with van der Waals surface area (Å²) in [6, 6.07) is 3.39. The van der Waals surface area contributed by atoms with Crippen LogP contribution < -0.4 is 20.1 Å². The molecule has 1 heterocycles. The predicted octanol–water partition coefficient (Wildman–Crippen LogP) is 1.47. The first-order valence-electron chi connectivity index (χ1n) is 10.2. The van der Waals surface area contributed by atoms with Crippen molar-refractivity contribution in [1.29, 1.82) is 0 Å². The van der Waals surface area contributed by atoms with E-state index in [1.807, 2.05) is 39.8 Å². The first kappa shape index (κ1) is 24.2. The van der Waals surface area contributed by atoms with E-state index in [9.17, 15) is 19.2 Å². The predicted molar refractivity (Wildman–Crippen MR) is 112 cm³/mol. The summed E-state index contributed by atoms with van der Waals surface area (Å²) >= 11 is 0. The molecule has 0 fully saturated rings. The van der Waals surface area contributed by atoms with Crippen LogP contribution in [0.25, 0.3) is 0 Å². The SMILES string of the molecule is CC(C)CC(NC(=O)COc1cccc2c1OC(C)(C)C2)C(=O)NC(C=O)CC(=O)O. The molecule has 1 aromatic carbocycles. The number of nitrogens with one attached hydrogen (secondary N) is 2. The zero-order chi connectivity index (χ0) is 23.2. The van der Waals surface area contributed by atoms with Gasteiger partial charge in [0.25, 0.3) is 5.91 Å². The van der Waals surface area contributed by atoms with Crippen molar-refractivity contribution in [2.45, 2.75) is 64.6 Å². The minimum atomic E-state index is -1.21. The highest BCUT2D eigenvalue weighted by molar-refractivity contribution is 5.90. The molecule has 0 spiro atoms. The molecule has 1 aliphatic rings. The molecule has 2 unspecified atom stereocenters. The topological polar surface area (TPSA) is 131 Å². The first-order chi connectivity index (χ1) is 14.5. The third kappa shape index (κ3) is 7.27. The number of carbonyl (C=O) groups excluding carboxylic acids is 3. The van der Waals surface area contributed by atoms with Gasteiger partial charge in [-0.25, -0.2) is 0 Å². The second kappa shape index (κ2) is 10.3. The van der Waals surface area contributed by atoms with E-state index >= 15 is 0 Å². The quantitative estimate of drug-likeness (QED) is 0.450. The number of amides is 2. The fraction of sp³-hybridized carbons (Fsp3) is 0.545. The number of carboxylic acids is 1. The molecule has 1 aliphatic heterocycles. The van der Waals surface area contributed by atoms with Gasteiger partial charge in [0.1, 0.15) is 17.9 Å². The molecule has 2 amide bonds. The van der Waals surface area contributed by atoms with Crippen LogP contribution in [0, 0.1) is 5.92 Å². The number of para-hydroxylation sites is 1. The molecular weight excluding hydrogens is 404 g/mol. The van der Waals surface area contributed by atoms with Gasteiger partial charge in [0, 0.05) is 12.0 Å². The molecule has 9 nitrogen and oxygen atoms in total. The summed E-state index contributed by atoms with van der Waals surface area (Å²) in [6.45, 7) is 7.37. The van der Waals surface area contributed by atoms with Gasteiger partial charge in [-0.1, -0.05) is 26.0 Å². The Hall–Kier alpha value is -3.10. The van der Waals surface area contributed by atoms with Crippen LogP contribution in [0.2, 0.25) is 0 Å². The summed E-state index contributed by atoms with van der Waals surface area (Å²) in [6.07, 6.45) is 0.877. The van der Waals surface area contributed by atoms with E-state index in [0.29, 0.717) is 24.2 Å². The number of hydrogen-bond acceptors (Lipinski definition) is 6. The molecular formula is C22H30N2O7. The Morgan fingerprint density at radius 2 is 1.97 bits per heavy atom. The number of aliphatic carboxylic acids is 1. The van der Waals surface area contributed by atoms with Crippen molar-refractivity contribution >= 4 is 24.1 Å². The molecule has 0 aromatic heterocycles. The van der Waals surface area contributed by atoms with Crippen LogP contribution in [-0.4, -0.2) is 53.5 Å². The van der Waals surface area contributed by atoms with Gasteiger partial charge < -0.3 is 30.0 Å². The first-order valence-corrected chi connectivity index (χ1v) is 10.2.